The summed E-state index contributed by atoms with van der Waals surface area (Å²) in [5, 5.41) is 3.07. The quantitative estimate of drug-likeness (QED) is 0.928. The predicted molar refractivity (Wildman–Crippen MR) is 89.4 cm³/mol. The Bertz CT molecular complexity index is 549. The van der Waals surface area contributed by atoms with Gasteiger partial charge in [0.15, 0.2) is 0 Å². The summed E-state index contributed by atoms with van der Waals surface area (Å²) in [5.41, 5.74) is 1.69. The minimum Gasteiger partial charge on any atom is -0.449 e. The van der Waals surface area contributed by atoms with E-state index in [2.05, 4.69) is 5.32 Å². The highest BCUT2D eigenvalue weighted by atomic mass is 16.6. The zero-order chi connectivity index (χ0) is 16.8. The van der Waals surface area contributed by atoms with Crippen molar-refractivity contribution in [3.05, 3.63) is 35.4 Å². The van der Waals surface area contributed by atoms with E-state index in [9.17, 15) is 9.59 Å². The summed E-state index contributed by atoms with van der Waals surface area (Å²) >= 11 is 0. The molecule has 0 bridgehead atoms. The van der Waals surface area contributed by atoms with E-state index in [-0.39, 0.29) is 18.0 Å². The average molecular weight is 318 g/mol. The molecule has 1 saturated heterocycles. The number of ether oxygens (including phenoxy) is 1. The SMILES string of the molecule is Cc1ccccc1C(=O)NC1CCN(C(=O)OCC(C)C)CC1. The first-order valence-corrected chi connectivity index (χ1v) is 8.25. The maximum Gasteiger partial charge on any atom is 0.409 e. The van der Waals surface area contributed by atoms with Crippen LogP contribution < -0.4 is 5.32 Å². The van der Waals surface area contributed by atoms with Crippen LogP contribution in [-0.4, -0.2) is 42.6 Å². The van der Waals surface area contributed by atoms with E-state index in [4.69, 9.17) is 4.74 Å². The van der Waals surface area contributed by atoms with E-state index in [1.165, 1.54) is 0 Å². The van der Waals surface area contributed by atoms with Crippen molar-refractivity contribution >= 4 is 12.0 Å². The highest BCUT2D eigenvalue weighted by Crippen LogP contribution is 2.14. The number of benzene rings is 1. The normalized spacial score (nSPS) is 15.6. The fourth-order valence-electron chi connectivity index (χ4n) is 2.63. The van der Waals surface area contributed by atoms with E-state index in [1.807, 2.05) is 45.0 Å². The molecule has 0 radical (unpaired) electrons. The first kappa shape index (κ1) is 17.3. The van der Waals surface area contributed by atoms with Gasteiger partial charge in [-0.1, -0.05) is 32.0 Å². The van der Waals surface area contributed by atoms with Crippen LogP contribution in [0.5, 0.6) is 0 Å². The van der Waals surface area contributed by atoms with Crippen molar-refractivity contribution < 1.29 is 14.3 Å². The van der Waals surface area contributed by atoms with Crippen LogP contribution in [0.2, 0.25) is 0 Å². The smallest absolute Gasteiger partial charge is 0.409 e. The van der Waals surface area contributed by atoms with Crippen LogP contribution in [0.1, 0.15) is 42.6 Å². The number of likely N-dealkylation sites (tertiary alicyclic amines) is 1. The second kappa shape index (κ2) is 7.99. The van der Waals surface area contributed by atoms with Gasteiger partial charge in [-0.25, -0.2) is 4.79 Å². The number of rotatable bonds is 4. The fourth-order valence-corrected chi connectivity index (χ4v) is 2.63. The molecule has 0 spiro atoms. The molecule has 5 heteroatoms. The Labute approximate surface area is 138 Å². The molecule has 0 unspecified atom stereocenters. The predicted octanol–water partition coefficient (Wildman–Crippen LogP) is 2.98. The van der Waals surface area contributed by atoms with Crippen molar-refractivity contribution in [2.75, 3.05) is 19.7 Å². The van der Waals surface area contributed by atoms with Crippen molar-refractivity contribution in [3.8, 4) is 0 Å². The molecule has 5 nitrogen and oxygen atoms in total. The molecule has 23 heavy (non-hydrogen) atoms. The van der Waals surface area contributed by atoms with E-state index >= 15 is 0 Å². The number of hydrogen-bond donors (Lipinski definition) is 1. The van der Waals surface area contributed by atoms with Gasteiger partial charge in [0.05, 0.1) is 6.61 Å². The summed E-state index contributed by atoms with van der Waals surface area (Å²) in [6, 6.07) is 7.67. The molecule has 1 aromatic carbocycles. The van der Waals surface area contributed by atoms with Crippen LogP contribution in [0.3, 0.4) is 0 Å². The maximum absolute atomic E-state index is 12.3. The Hall–Kier alpha value is -2.04. The highest BCUT2D eigenvalue weighted by molar-refractivity contribution is 5.95. The highest BCUT2D eigenvalue weighted by Gasteiger charge is 2.25. The summed E-state index contributed by atoms with van der Waals surface area (Å²) in [5.74, 6) is 0.300. The molecule has 0 aliphatic carbocycles. The molecule has 1 aliphatic rings. The molecule has 1 fully saturated rings. The van der Waals surface area contributed by atoms with Gasteiger partial charge in [-0.05, 0) is 37.3 Å². The van der Waals surface area contributed by atoms with Crippen molar-refractivity contribution in [1.82, 2.24) is 10.2 Å². The summed E-state index contributed by atoms with van der Waals surface area (Å²) < 4.78 is 5.24. The minimum absolute atomic E-state index is 0.0380. The van der Waals surface area contributed by atoms with E-state index in [1.54, 1.807) is 4.90 Å². The van der Waals surface area contributed by atoms with Crippen molar-refractivity contribution in [2.45, 2.75) is 39.7 Å². The Morgan fingerprint density at radius 1 is 1.26 bits per heavy atom. The van der Waals surface area contributed by atoms with Gasteiger partial charge in [0.2, 0.25) is 0 Å². The molecular formula is C18H26N2O3. The number of nitrogens with zero attached hydrogens (tertiary/aromatic N) is 1. The number of aryl methyl sites for hydroxylation is 1. The summed E-state index contributed by atoms with van der Waals surface area (Å²) in [6.07, 6.45) is 1.27. The van der Waals surface area contributed by atoms with Crippen molar-refractivity contribution in [1.29, 1.82) is 0 Å². The van der Waals surface area contributed by atoms with Crippen LogP contribution in [0, 0.1) is 12.8 Å². The number of nitrogens with one attached hydrogen (secondary N) is 1. The molecule has 1 N–H and O–H groups in total. The van der Waals surface area contributed by atoms with Crippen molar-refractivity contribution in [3.63, 3.8) is 0 Å². The number of carbonyl (C=O) groups excluding carboxylic acids is 2. The lowest BCUT2D eigenvalue weighted by molar-refractivity contribution is 0.0785. The van der Waals surface area contributed by atoms with Crippen LogP contribution in [0.15, 0.2) is 24.3 Å². The molecule has 1 heterocycles. The number of hydrogen-bond acceptors (Lipinski definition) is 3. The lowest BCUT2D eigenvalue weighted by Crippen LogP contribution is -2.46. The number of amides is 2. The molecule has 0 atom stereocenters. The third-order valence-corrected chi connectivity index (χ3v) is 4.02. The molecular weight excluding hydrogens is 292 g/mol. The van der Waals surface area contributed by atoms with Gasteiger partial charge in [0, 0.05) is 24.7 Å². The Morgan fingerprint density at radius 2 is 1.91 bits per heavy atom. The molecule has 2 amide bonds. The monoisotopic (exact) mass is 318 g/mol. The van der Waals surface area contributed by atoms with Gasteiger partial charge < -0.3 is 15.0 Å². The maximum atomic E-state index is 12.3. The summed E-state index contributed by atoms with van der Waals surface area (Å²) in [4.78, 5) is 25.9. The fraction of sp³-hybridized carbons (Fsp3) is 0.556. The van der Waals surface area contributed by atoms with Crippen molar-refractivity contribution in [2.24, 2.45) is 5.92 Å². The molecule has 126 valence electrons. The van der Waals surface area contributed by atoms with Gasteiger partial charge >= 0.3 is 6.09 Å². The number of carbonyl (C=O) groups is 2. The van der Waals surface area contributed by atoms with Gasteiger partial charge in [-0.2, -0.15) is 0 Å². The van der Waals surface area contributed by atoms with Crippen LogP contribution in [-0.2, 0) is 4.74 Å². The molecule has 0 saturated carbocycles. The van der Waals surface area contributed by atoms with Gasteiger partial charge in [-0.15, -0.1) is 0 Å². The first-order valence-electron chi connectivity index (χ1n) is 8.25. The Balaban J connectivity index is 1.80. The van der Waals surface area contributed by atoms with Crippen LogP contribution >= 0.6 is 0 Å². The zero-order valence-corrected chi connectivity index (χ0v) is 14.2. The topological polar surface area (TPSA) is 58.6 Å². The summed E-state index contributed by atoms with van der Waals surface area (Å²) in [7, 11) is 0. The standard InChI is InChI=1S/C18H26N2O3/c1-13(2)12-23-18(22)20-10-8-15(9-11-20)19-17(21)16-7-5-4-6-14(16)3/h4-7,13,15H,8-12H2,1-3H3,(H,19,21). The second-order valence-corrected chi connectivity index (χ2v) is 6.52. The van der Waals surface area contributed by atoms with Gasteiger partial charge in [-0.3, -0.25) is 4.79 Å². The van der Waals surface area contributed by atoms with Gasteiger partial charge in [0.1, 0.15) is 0 Å². The van der Waals surface area contributed by atoms with Crippen LogP contribution in [0.25, 0.3) is 0 Å². The Morgan fingerprint density at radius 3 is 2.52 bits per heavy atom. The van der Waals surface area contributed by atoms with Gasteiger partial charge in [0.25, 0.3) is 5.91 Å². The minimum atomic E-state index is -0.248. The Kier molecular flexibility index (Phi) is 6.02. The van der Waals surface area contributed by atoms with E-state index in [0.717, 1.165) is 18.4 Å². The lowest BCUT2D eigenvalue weighted by atomic mass is 10.0. The number of piperidine rings is 1. The average Bonchev–Trinajstić information content (AvgIpc) is 2.53. The molecule has 1 aromatic rings. The lowest BCUT2D eigenvalue weighted by Gasteiger charge is -2.32. The molecule has 1 aliphatic heterocycles. The largest absolute Gasteiger partial charge is 0.449 e. The summed E-state index contributed by atoms with van der Waals surface area (Å²) in [6.45, 7) is 7.65. The second-order valence-electron chi connectivity index (χ2n) is 6.52. The molecule has 0 aromatic heterocycles. The third kappa shape index (κ3) is 4.98. The third-order valence-electron chi connectivity index (χ3n) is 4.02. The first-order chi connectivity index (χ1) is 11.0. The molecule has 2 rings (SSSR count). The van der Waals surface area contributed by atoms with Crippen LogP contribution in [0.4, 0.5) is 4.79 Å². The zero-order valence-electron chi connectivity index (χ0n) is 14.2. The van der Waals surface area contributed by atoms with E-state index in [0.29, 0.717) is 31.2 Å². The van der Waals surface area contributed by atoms with E-state index < -0.39 is 0 Å².